The second-order valence-corrected chi connectivity index (χ2v) is 6.56. The number of thiophene rings is 1. The van der Waals surface area contributed by atoms with Crippen molar-refractivity contribution in [2.24, 2.45) is 5.92 Å². The normalized spacial score (nSPS) is 17.6. The minimum absolute atomic E-state index is 0.582. The summed E-state index contributed by atoms with van der Waals surface area (Å²) in [5.74, 6) is 3.77. The van der Waals surface area contributed by atoms with Crippen LogP contribution in [0.4, 0.5) is 5.82 Å². The van der Waals surface area contributed by atoms with Crippen molar-refractivity contribution in [2.75, 3.05) is 11.9 Å². The first-order valence-electron chi connectivity index (χ1n) is 7.68. The van der Waals surface area contributed by atoms with Crippen molar-refractivity contribution in [2.45, 2.75) is 32.7 Å². The topological polar surface area (TPSA) is 68.5 Å². The lowest BCUT2D eigenvalue weighted by molar-refractivity contribution is 0.374. The highest BCUT2D eigenvalue weighted by atomic mass is 32.1. The molecule has 3 aromatic rings. The maximum absolute atomic E-state index is 4.39. The molecule has 1 N–H and O–H groups in total. The number of hydrogen-bond donors (Lipinski definition) is 1. The number of rotatable bonds is 4. The zero-order valence-electron chi connectivity index (χ0n) is 12.5. The van der Waals surface area contributed by atoms with Gasteiger partial charge >= 0.3 is 0 Å². The molecule has 3 aromatic heterocycles. The molecule has 1 aliphatic heterocycles. The lowest BCUT2D eigenvalue weighted by atomic mass is 9.99. The summed E-state index contributed by atoms with van der Waals surface area (Å²) in [5, 5.41) is 14.1. The van der Waals surface area contributed by atoms with Crippen LogP contribution in [0.2, 0.25) is 0 Å². The Morgan fingerprint density at radius 3 is 3.23 bits per heavy atom. The summed E-state index contributed by atoms with van der Waals surface area (Å²) in [6.45, 7) is 4.05. The van der Waals surface area contributed by atoms with Gasteiger partial charge < -0.3 is 9.88 Å². The number of nitrogens with one attached hydrogen (secondary N) is 1. The van der Waals surface area contributed by atoms with Gasteiger partial charge in [-0.2, -0.15) is 0 Å². The van der Waals surface area contributed by atoms with Crippen LogP contribution >= 0.6 is 11.3 Å². The van der Waals surface area contributed by atoms with E-state index in [-0.39, 0.29) is 0 Å². The minimum Gasteiger partial charge on any atom is -0.368 e. The van der Waals surface area contributed by atoms with E-state index in [1.165, 1.54) is 0 Å². The number of fused-ring (bicyclic) bond motifs is 2. The number of aryl methyl sites for hydroxylation is 2. The van der Waals surface area contributed by atoms with Crippen LogP contribution in [0.1, 0.15) is 25.0 Å². The Bertz CT molecular complexity index is 779. The van der Waals surface area contributed by atoms with Gasteiger partial charge in [-0.05, 0) is 23.8 Å². The summed E-state index contributed by atoms with van der Waals surface area (Å²) in [6.07, 6.45) is 4.73. The second kappa shape index (κ2) is 5.64. The third-order valence-corrected chi connectivity index (χ3v) is 5.15. The molecule has 7 heteroatoms. The molecule has 0 bridgehead atoms. The Morgan fingerprint density at radius 2 is 2.32 bits per heavy atom. The van der Waals surface area contributed by atoms with Crippen molar-refractivity contribution in [1.82, 2.24) is 24.7 Å². The van der Waals surface area contributed by atoms with Gasteiger partial charge in [-0.1, -0.05) is 6.92 Å². The first-order chi connectivity index (χ1) is 10.8. The van der Waals surface area contributed by atoms with Crippen molar-refractivity contribution in [3.8, 4) is 0 Å². The van der Waals surface area contributed by atoms with Crippen molar-refractivity contribution in [3.05, 3.63) is 29.4 Å². The smallest absolute Gasteiger partial charge is 0.147 e. The molecule has 0 aromatic carbocycles. The van der Waals surface area contributed by atoms with E-state index in [4.69, 9.17) is 0 Å². The summed E-state index contributed by atoms with van der Waals surface area (Å²) in [4.78, 5) is 8.67. The van der Waals surface area contributed by atoms with Gasteiger partial charge in [0.15, 0.2) is 0 Å². The lowest BCUT2D eigenvalue weighted by Gasteiger charge is -2.24. The summed E-state index contributed by atoms with van der Waals surface area (Å²) in [6, 6.07) is 2.03. The van der Waals surface area contributed by atoms with Crippen LogP contribution in [-0.4, -0.2) is 31.3 Å². The van der Waals surface area contributed by atoms with E-state index >= 15 is 0 Å². The molecule has 1 aliphatic rings. The standard InChI is InChI=1S/C15H18N6S/c1-2-12-19-20-13-4-3-10(8-21(12)13)7-16-15-14-11(5-6-22-14)17-9-18-15/h5-6,9-10H,2-4,7-8H2,1H3,(H,16,17,18). The van der Waals surface area contributed by atoms with E-state index in [0.717, 1.165) is 60.0 Å². The van der Waals surface area contributed by atoms with E-state index in [1.807, 2.05) is 6.07 Å². The molecule has 114 valence electrons. The Balaban J connectivity index is 1.48. The molecule has 0 aliphatic carbocycles. The molecule has 4 heterocycles. The molecule has 4 rings (SSSR count). The van der Waals surface area contributed by atoms with E-state index in [0.29, 0.717) is 5.92 Å². The average molecular weight is 314 g/mol. The van der Waals surface area contributed by atoms with E-state index in [2.05, 4.69) is 42.4 Å². The predicted octanol–water partition coefficient (Wildman–Crippen LogP) is 2.52. The molecule has 1 atom stereocenters. The predicted molar refractivity (Wildman–Crippen MR) is 87.1 cm³/mol. The highest BCUT2D eigenvalue weighted by molar-refractivity contribution is 7.17. The molecule has 0 amide bonds. The van der Waals surface area contributed by atoms with E-state index in [1.54, 1.807) is 17.7 Å². The molecule has 0 saturated heterocycles. The Kier molecular flexibility index (Phi) is 3.49. The molecule has 6 nitrogen and oxygen atoms in total. The summed E-state index contributed by atoms with van der Waals surface area (Å²) < 4.78 is 3.42. The van der Waals surface area contributed by atoms with Gasteiger partial charge in [0.05, 0.1) is 10.2 Å². The molecule has 22 heavy (non-hydrogen) atoms. The van der Waals surface area contributed by atoms with Crippen LogP contribution in [0.3, 0.4) is 0 Å². The van der Waals surface area contributed by atoms with E-state index < -0.39 is 0 Å². The van der Waals surface area contributed by atoms with Gasteiger partial charge in [0.2, 0.25) is 0 Å². The molecule has 0 spiro atoms. The molecule has 0 radical (unpaired) electrons. The van der Waals surface area contributed by atoms with Gasteiger partial charge in [-0.3, -0.25) is 0 Å². The number of nitrogens with zero attached hydrogens (tertiary/aromatic N) is 5. The van der Waals surface area contributed by atoms with Gasteiger partial charge in [0.25, 0.3) is 0 Å². The summed E-state index contributed by atoms with van der Waals surface area (Å²) in [7, 11) is 0. The molecule has 1 unspecified atom stereocenters. The van der Waals surface area contributed by atoms with Crippen LogP contribution in [0.5, 0.6) is 0 Å². The maximum atomic E-state index is 4.39. The summed E-state index contributed by atoms with van der Waals surface area (Å²) >= 11 is 1.68. The Labute approximate surface area is 132 Å². The number of anilines is 1. The van der Waals surface area contributed by atoms with E-state index in [9.17, 15) is 0 Å². The highest BCUT2D eigenvalue weighted by Gasteiger charge is 2.22. The first kappa shape index (κ1) is 13.6. The number of hydrogen-bond acceptors (Lipinski definition) is 6. The quantitative estimate of drug-likeness (QED) is 0.801. The van der Waals surface area contributed by atoms with Crippen molar-refractivity contribution in [1.29, 1.82) is 0 Å². The first-order valence-corrected chi connectivity index (χ1v) is 8.56. The second-order valence-electron chi connectivity index (χ2n) is 5.64. The van der Waals surface area contributed by atoms with Gasteiger partial charge in [0.1, 0.15) is 23.8 Å². The zero-order chi connectivity index (χ0) is 14.9. The lowest BCUT2D eigenvalue weighted by Crippen LogP contribution is -2.27. The van der Waals surface area contributed by atoms with Crippen LogP contribution < -0.4 is 5.32 Å². The fraction of sp³-hybridized carbons (Fsp3) is 0.467. The summed E-state index contributed by atoms with van der Waals surface area (Å²) in [5.41, 5.74) is 1.01. The molecular formula is C15H18N6S. The molecule has 0 saturated carbocycles. The highest BCUT2D eigenvalue weighted by Crippen LogP contribution is 2.26. The van der Waals surface area contributed by atoms with Crippen molar-refractivity contribution >= 4 is 27.4 Å². The monoisotopic (exact) mass is 314 g/mol. The average Bonchev–Trinajstić information content (AvgIpc) is 3.18. The fourth-order valence-corrected chi connectivity index (χ4v) is 3.85. The van der Waals surface area contributed by atoms with Crippen molar-refractivity contribution in [3.63, 3.8) is 0 Å². The fourth-order valence-electron chi connectivity index (χ4n) is 3.03. The SMILES string of the molecule is CCc1nnc2n1CC(CNc1ncnc3ccsc13)CC2. The van der Waals surface area contributed by atoms with Gasteiger partial charge in [-0.25, -0.2) is 9.97 Å². The maximum Gasteiger partial charge on any atom is 0.147 e. The minimum atomic E-state index is 0.582. The molecular weight excluding hydrogens is 296 g/mol. The zero-order valence-corrected chi connectivity index (χ0v) is 13.3. The largest absolute Gasteiger partial charge is 0.368 e. The van der Waals surface area contributed by atoms with Gasteiger partial charge in [-0.15, -0.1) is 21.5 Å². The van der Waals surface area contributed by atoms with Crippen molar-refractivity contribution < 1.29 is 0 Å². The van der Waals surface area contributed by atoms with Gasteiger partial charge in [0, 0.05) is 25.9 Å². The Hall–Kier alpha value is -2.02. The van der Waals surface area contributed by atoms with Crippen LogP contribution in [0.15, 0.2) is 17.8 Å². The number of aromatic nitrogens is 5. The van der Waals surface area contributed by atoms with Crippen LogP contribution in [-0.2, 0) is 19.4 Å². The van der Waals surface area contributed by atoms with Crippen LogP contribution in [0.25, 0.3) is 10.2 Å². The third-order valence-electron chi connectivity index (χ3n) is 4.24. The third kappa shape index (κ3) is 2.35. The van der Waals surface area contributed by atoms with Crippen LogP contribution in [0, 0.1) is 5.92 Å². The Morgan fingerprint density at radius 1 is 1.36 bits per heavy atom. The molecule has 0 fully saturated rings.